The maximum absolute atomic E-state index is 12.4. The predicted molar refractivity (Wildman–Crippen MR) is 85.2 cm³/mol. The first-order valence-electron chi connectivity index (χ1n) is 8.29. The Bertz CT molecular complexity index is 731. The predicted octanol–water partition coefficient (Wildman–Crippen LogP) is 2.77. The van der Waals surface area contributed by atoms with E-state index in [9.17, 15) is 27.9 Å². The van der Waals surface area contributed by atoms with Gasteiger partial charge in [-0.3, -0.25) is 9.59 Å². The van der Waals surface area contributed by atoms with Gasteiger partial charge in [-0.2, -0.15) is 0 Å². The van der Waals surface area contributed by atoms with Crippen LogP contribution in [0.2, 0.25) is 0 Å². The zero-order valence-electron chi connectivity index (χ0n) is 13.7. The Morgan fingerprint density at radius 1 is 1.15 bits per heavy atom. The molecule has 1 fully saturated rings. The molecule has 2 bridgehead atoms. The van der Waals surface area contributed by atoms with Gasteiger partial charge in [0.25, 0.3) is 0 Å². The van der Waals surface area contributed by atoms with E-state index in [4.69, 9.17) is 0 Å². The number of nitrogens with one attached hydrogen (secondary N) is 1. The van der Waals surface area contributed by atoms with Crippen LogP contribution < -0.4 is 10.1 Å². The molecular formula is C18H18F3NO4. The monoisotopic (exact) mass is 369 g/mol. The first kappa shape index (κ1) is 18.3. The highest BCUT2D eigenvalue weighted by atomic mass is 19.4. The van der Waals surface area contributed by atoms with E-state index < -0.39 is 24.2 Å². The fraction of sp³-hybridized carbons (Fsp3) is 0.444. The molecule has 2 aliphatic carbocycles. The van der Waals surface area contributed by atoms with Gasteiger partial charge in [-0.1, -0.05) is 30.4 Å². The molecule has 1 amide bonds. The van der Waals surface area contributed by atoms with Crippen molar-refractivity contribution >= 4 is 11.9 Å². The second kappa shape index (κ2) is 7.01. The highest BCUT2D eigenvalue weighted by molar-refractivity contribution is 5.86. The molecule has 0 aliphatic heterocycles. The number of hydrogen-bond donors (Lipinski definition) is 2. The van der Waals surface area contributed by atoms with Gasteiger partial charge >= 0.3 is 12.3 Å². The normalized spacial score (nSPS) is 26.7. The Kier molecular flexibility index (Phi) is 4.93. The third-order valence-corrected chi connectivity index (χ3v) is 4.94. The van der Waals surface area contributed by atoms with Crippen molar-refractivity contribution in [1.82, 2.24) is 5.32 Å². The van der Waals surface area contributed by atoms with Gasteiger partial charge in [-0.05, 0) is 36.3 Å². The van der Waals surface area contributed by atoms with Crippen LogP contribution in [0.4, 0.5) is 13.2 Å². The van der Waals surface area contributed by atoms with Crippen LogP contribution in [-0.4, -0.2) is 29.9 Å². The van der Waals surface area contributed by atoms with Gasteiger partial charge in [0, 0.05) is 6.54 Å². The van der Waals surface area contributed by atoms with Gasteiger partial charge in [0.2, 0.25) is 5.91 Å². The second-order valence-electron chi connectivity index (χ2n) is 6.53. The van der Waals surface area contributed by atoms with Crippen molar-refractivity contribution in [3.05, 3.63) is 42.0 Å². The molecule has 0 heterocycles. The summed E-state index contributed by atoms with van der Waals surface area (Å²) < 4.78 is 41.3. The van der Waals surface area contributed by atoms with E-state index in [1.54, 1.807) is 6.07 Å². The van der Waals surface area contributed by atoms with Crippen molar-refractivity contribution in [2.24, 2.45) is 23.7 Å². The van der Waals surface area contributed by atoms with Gasteiger partial charge in [0.15, 0.2) is 0 Å². The molecule has 1 saturated carbocycles. The molecule has 0 radical (unpaired) electrons. The summed E-state index contributed by atoms with van der Waals surface area (Å²) >= 11 is 0. The molecule has 0 aromatic heterocycles. The van der Waals surface area contributed by atoms with E-state index in [-0.39, 0.29) is 36.5 Å². The number of fused-ring (bicyclic) bond motifs is 2. The van der Waals surface area contributed by atoms with Crippen molar-refractivity contribution in [2.75, 3.05) is 6.54 Å². The molecule has 140 valence electrons. The molecule has 1 aromatic carbocycles. The van der Waals surface area contributed by atoms with Crippen molar-refractivity contribution in [3.8, 4) is 5.75 Å². The van der Waals surface area contributed by atoms with Crippen LogP contribution in [-0.2, 0) is 16.0 Å². The lowest BCUT2D eigenvalue weighted by molar-refractivity contribution is -0.274. The summed E-state index contributed by atoms with van der Waals surface area (Å²) in [6.45, 7) is 0.0982. The van der Waals surface area contributed by atoms with E-state index in [1.165, 1.54) is 18.2 Å². The van der Waals surface area contributed by atoms with Crippen LogP contribution in [0, 0.1) is 23.7 Å². The lowest BCUT2D eigenvalue weighted by Crippen LogP contribution is -2.40. The number of halogens is 3. The number of allylic oxidation sites excluding steroid dienone is 2. The number of amides is 1. The molecule has 5 nitrogen and oxygen atoms in total. The van der Waals surface area contributed by atoms with E-state index in [2.05, 4.69) is 10.1 Å². The van der Waals surface area contributed by atoms with Gasteiger partial charge < -0.3 is 15.2 Å². The average Bonchev–Trinajstić information content (AvgIpc) is 3.16. The molecule has 1 aromatic rings. The highest BCUT2D eigenvalue weighted by Gasteiger charge is 2.51. The van der Waals surface area contributed by atoms with Gasteiger partial charge in [-0.25, -0.2) is 0 Å². The minimum Gasteiger partial charge on any atom is -0.481 e. The number of carboxylic acid groups (broad SMARTS) is 1. The molecule has 0 spiro atoms. The molecule has 2 aliphatic rings. The molecule has 4 unspecified atom stereocenters. The van der Waals surface area contributed by atoms with Crippen molar-refractivity contribution in [3.63, 3.8) is 0 Å². The SMILES string of the molecule is O=C(O)C1C2C=CC(C2)C1C(=O)NCCc1ccccc1OC(F)(F)F. The van der Waals surface area contributed by atoms with Crippen LogP contribution in [0.5, 0.6) is 5.75 Å². The number of para-hydroxylation sites is 1. The molecule has 26 heavy (non-hydrogen) atoms. The van der Waals surface area contributed by atoms with Crippen LogP contribution in [0.15, 0.2) is 36.4 Å². The zero-order valence-corrected chi connectivity index (χ0v) is 13.7. The van der Waals surface area contributed by atoms with E-state index >= 15 is 0 Å². The summed E-state index contributed by atoms with van der Waals surface area (Å²) in [6, 6.07) is 5.73. The fourth-order valence-electron chi connectivity index (χ4n) is 3.89. The third kappa shape index (κ3) is 3.84. The molecule has 2 N–H and O–H groups in total. The fourth-order valence-corrected chi connectivity index (χ4v) is 3.89. The number of hydrogen-bond acceptors (Lipinski definition) is 3. The zero-order chi connectivity index (χ0) is 18.9. The number of carbonyl (C=O) groups excluding carboxylic acids is 1. The van der Waals surface area contributed by atoms with Crippen molar-refractivity contribution in [1.29, 1.82) is 0 Å². The Labute approximate surface area is 147 Å². The largest absolute Gasteiger partial charge is 0.573 e. The topological polar surface area (TPSA) is 75.6 Å². The summed E-state index contributed by atoms with van der Waals surface area (Å²) in [5.74, 6) is -3.28. The van der Waals surface area contributed by atoms with Crippen LogP contribution >= 0.6 is 0 Å². The van der Waals surface area contributed by atoms with Gasteiger partial charge in [0.05, 0.1) is 11.8 Å². The standard InChI is InChI=1S/C18H18F3NO4/c19-18(20,21)26-13-4-2-1-3-10(13)7-8-22-16(23)14-11-5-6-12(9-11)15(14)17(24)25/h1-6,11-12,14-15H,7-9H2,(H,22,23)(H,24,25). The second-order valence-corrected chi connectivity index (χ2v) is 6.53. The van der Waals surface area contributed by atoms with Crippen LogP contribution in [0.25, 0.3) is 0 Å². The number of rotatable bonds is 6. The Morgan fingerprint density at radius 2 is 1.81 bits per heavy atom. The van der Waals surface area contributed by atoms with Crippen molar-refractivity contribution < 1.29 is 32.6 Å². The Hall–Kier alpha value is -2.51. The van der Waals surface area contributed by atoms with Crippen LogP contribution in [0.1, 0.15) is 12.0 Å². The number of ether oxygens (including phenoxy) is 1. The Morgan fingerprint density at radius 3 is 2.46 bits per heavy atom. The minimum absolute atomic E-state index is 0.0954. The van der Waals surface area contributed by atoms with Crippen LogP contribution in [0.3, 0.4) is 0 Å². The molecule has 0 saturated heterocycles. The number of alkyl halides is 3. The van der Waals surface area contributed by atoms with E-state index in [0.29, 0.717) is 12.0 Å². The molecule has 3 rings (SSSR count). The van der Waals surface area contributed by atoms with Crippen molar-refractivity contribution in [2.45, 2.75) is 19.2 Å². The average molecular weight is 369 g/mol. The lowest BCUT2D eigenvalue weighted by atomic mass is 9.82. The molecular weight excluding hydrogens is 351 g/mol. The third-order valence-electron chi connectivity index (χ3n) is 4.94. The highest BCUT2D eigenvalue weighted by Crippen LogP contribution is 2.48. The summed E-state index contributed by atoms with van der Waals surface area (Å²) in [5.41, 5.74) is 0.313. The molecule has 4 atom stereocenters. The van der Waals surface area contributed by atoms with Gasteiger partial charge in [0.1, 0.15) is 5.75 Å². The molecule has 8 heteroatoms. The van der Waals surface area contributed by atoms with E-state index in [0.717, 1.165) is 0 Å². The summed E-state index contributed by atoms with van der Waals surface area (Å²) in [6.07, 6.45) is -0.272. The number of carbonyl (C=O) groups is 2. The number of carboxylic acids is 1. The quantitative estimate of drug-likeness (QED) is 0.756. The summed E-state index contributed by atoms with van der Waals surface area (Å²) in [7, 11) is 0. The Balaban J connectivity index is 1.60. The lowest BCUT2D eigenvalue weighted by Gasteiger charge is -2.24. The maximum Gasteiger partial charge on any atom is 0.573 e. The van der Waals surface area contributed by atoms with Gasteiger partial charge in [-0.15, -0.1) is 13.2 Å². The first-order valence-corrected chi connectivity index (χ1v) is 8.29. The first-order chi connectivity index (χ1) is 12.3. The smallest absolute Gasteiger partial charge is 0.481 e. The maximum atomic E-state index is 12.4. The summed E-state index contributed by atoms with van der Waals surface area (Å²) in [4.78, 5) is 23.9. The van der Waals surface area contributed by atoms with E-state index in [1.807, 2.05) is 12.2 Å². The number of benzene rings is 1. The minimum atomic E-state index is -4.79. The number of aliphatic carboxylic acids is 1. The summed E-state index contributed by atoms with van der Waals surface area (Å²) in [5, 5.41) is 12.0.